The van der Waals surface area contributed by atoms with Gasteiger partial charge in [-0.2, -0.15) is 0 Å². The lowest BCUT2D eigenvalue weighted by molar-refractivity contribution is 0.0912. The molecule has 0 atom stereocenters. The van der Waals surface area contributed by atoms with E-state index in [9.17, 15) is 9.90 Å². The molecule has 3 N–H and O–H groups in total. The number of aromatic amines is 1. The van der Waals surface area contributed by atoms with Crippen LogP contribution < -0.4 is 5.32 Å². The van der Waals surface area contributed by atoms with Crippen molar-refractivity contribution in [1.82, 2.24) is 20.3 Å². The Balaban J connectivity index is 1.89. The molecule has 0 aliphatic heterocycles. The summed E-state index contributed by atoms with van der Waals surface area (Å²) in [4.78, 5) is 25.3. The Morgan fingerprint density at radius 1 is 1.48 bits per heavy atom. The molecule has 3 aromatic rings. The molecule has 0 spiro atoms. The number of amides is 1. The van der Waals surface area contributed by atoms with Gasteiger partial charge in [-0.25, -0.2) is 9.97 Å². The van der Waals surface area contributed by atoms with E-state index in [-0.39, 0.29) is 17.9 Å². The van der Waals surface area contributed by atoms with Crippen LogP contribution in [-0.4, -0.2) is 39.1 Å². The lowest BCUT2D eigenvalue weighted by atomic mass is 9.95. The number of carbonyl (C=O) groups is 1. The Bertz CT molecular complexity index is 824. The van der Waals surface area contributed by atoms with Crippen molar-refractivity contribution in [2.24, 2.45) is 5.41 Å². The first-order valence-electron chi connectivity index (χ1n) is 7.27. The molecular weight excluding hydrogens is 312 g/mol. The smallest absolute Gasteiger partial charge is 0.255 e. The van der Waals surface area contributed by atoms with Crippen LogP contribution in [0.5, 0.6) is 0 Å². The van der Waals surface area contributed by atoms with Gasteiger partial charge in [0.15, 0.2) is 5.65 Å². The van der Waals surface area contributed by atoms with Crippen molar-refractivity contribution in [3.05, 3.63) is 35.5 Å². The number of carbonyl (C=O) groups excluding carboxylic acids is 1. The molecule has 0 fully saturated rings. The highest BCUT2D eigenvalue weighted by atomic mass is 32.1. The number of hydrogen-bond donors (Lipinski definition) is 3. The number of H-pyrrole nitrogens is 1. The van der Waals surface area contributed by atoms with E-state index in [0.717, 1.165) is 10.6 Å². The van der Waals surface area contributed by atoms with Gasteiger partial charge in [0.1, 0.15) is 5.52 Å². The number of thiophene rings is 1. The summed E-state index contributed by atoms with van der Waals surface area (Å²) in [6.07, 6.45) is 3.31. The zero-order valence-electron chi connectivity index (χ0n) is 13.0. The van der Waals surface area contributed by atoms with Gasteiger partial charge in [0.05, 0.1) is 22.3 Å². The Hall–Kier alpha value is -2.25. The van der Waals surface area contributed by atoms with Crippen LogP contribution in [0.25, 0.3) is 21.7 Å². The van der Waals surface area contributed by atoms with Crippen LogP contribution in [0.15, 0.2) is 29.9 Å². The quantitative estimate of drug-likeness (QED) is 0.670. The largest absolute Gasteiger partial charge is 0.396 e. The maximum absolute atomic E-state index is 12.4. The minimum atomic E-state index is -0.365. The highest BCUT2D eigenvalue weighted by Gasteiger charge is 2.20. The summed E-state index contributed by atoms with van der Waals surface area (Å²) in [5.74, 6) is -0.226. The van der Waals surface area contributed by atoms with E-state index in [1.165, 1.54) is 0 Å². The van der Waals surface area contributed by atoms with Gasteiger partial charge in [-0.1, -0.05) is 19.9 Å². The van der Waals surface area contributed by atoms with Crippen molar-refractivity contribution in [2.75, 3.05) is 13.2 Å². The molecule has 0 aromatic carbocycles. The molecule has 23 heavy (non-hydrogen) atoms. The molecule has 3 rings (SSSR count). The van der Waals surface area contributed by atoms with Crippen LogP contribution in [0, 0.1) is 5.41 Å². The maximum Gasteiger partial charge on any atom is 0.255 e. The van der Waals surface area contributed by atoms with Crippen molar-refractivity contribution < 1.29 is 9.90 Å². The van der Waals surface area contributed by atoms with E-state index < -0.39 is 0 Å². The molecular formula is C16H18N4O2S. The first-order valence-corrected chi connectivity index (χ1v) is 8.15. The van der Waals surface area contributed by atoms with Gasteiger partial charge in [0.2, 0.25) is 0 Å². The summed E-state index contributed by atoms with van der Waals surface area (Å²) in [7, 11) is 0. The predicted octanol–water partition coefficient (Wildman–Crippen LogP) is 2.43. The second kappa shape index (κ2) is 6.10. The van der Waals surface area contributed by atoms with Crippen molar-refractivity contribution in [3.8, 4) is 10.6 Å². The Morgan fingerprint density at radius 2 is 2.30 bits per heavy atom. The lowest BCUT2D eigenvalue weighted by Crippen LogP contribution is -2.36. The van der Waals surface area contributed by atoms with Gasteiger partial charge in [-0.15, -0.1) is 11.3 Å². The van der Waals surface area contributed by atoms with Gasteiger partial charge in [0.25, 0.3) is 5.91 Å². The molecule has 3 aromatic heterocycles. The van der Waals surface area contributed by atoms with E-state index in [1.807, 2.05) is 31.4 Å². The Morgan fingerprint density at radius 3 is 3.00 bits per heavy atom. The molecule has 0 aliphatic rings. The average Bonchev–Trinajstić information content (AvgIpc) is 3.21. The fourth-order valence-corrected chi connectivity index (χ4v) is 2.76. The first kappa shape index (κ1) is 15.6. The van der Waals surface area contributed by atoms with E-state index >= 15 is 0 Å². The number of nitrogens with one attached hydrogen (secondary N) is 2. The van der Waals surface area contributed by atoms with Crippen LogP contribution in [-0.2, 0) is 0 Å². The van der Waals surface area contributed by atoms with E-state index in [2.05, 4.69) is 20.3 Å². The van der Waals surface area contributed by atoms with Gasteiger partial charge in [-0.05, 0) is 11.4 Å². The zero-order valence-corrected chi connectivity index (χ0v) is 13.8. The standard InChI is InChI=1S/C16H18N4O2S/c1-16(2,9-21)8-19-15(22)10-6-17-14-13(10)20-11(7-18-14)12-4-3-5-23-12/h3-7,21H,8-9H2,1-2H3,(H,17,18)(H,19,22). The van der Waals surface area contributed by atoms with Crippen molar-refractivity contribution in [2.45, 2.75) is 13.8 Å². The molecule has 0 unspecified atom stereocenters. The topological polar surface area (TPSA) is 90.9 Å². The molecule has 0 radical (unpaired) electrons. The highest BCUT2D eigenvalue weighted by molar-refractivity contribution is 7.13. The number of aromatic nitrogens is 3. The third-order valence-corrected chi connectivity index (χ3v) is 4.45. The van der Waals surface area contributed by atoms with Gasteiger partial charge in [0, 0.05) is 24.8 Å². The van der Waals surface area contributed by atoms with Crippen molar-refractivity contribution in [3.63, 3.8) is 0 Å². The predicted molar refractivity (Wildman–Crippen MR) is 90.4 cm³/mol. The van der Waals surface area contributed by atoms with E-state index in [4.69, 9.17) is 0 Å². The van der Waals surface area contributed by atoms with Gasteiger partial charge >= 0.3 is 0 Å². The van der Waals surface area contributed by atoms with E-state index in [1.54, 1.807) is 23.7 Å². The van der Waals surface area contributed by atoms with Crippen LogP contribution in [0.2, 0.25) is 0 Å². The summed E-state index contributed by atoms with van der Waals surface area (Å²) in [6.45, 7) is 4.16. The van der Waals surface area contributed by atoms with Crippen LogP contribution >= 0.6 is 11.3 Å². The molecule has 0 saturated carbocycles. The van der Waals surface area contributed by atoms with Crippen molar-refractivity contribution >= 4 is 28.4 Å². The monoisotopic (exact) mass is 330 g/mol. The number of fused-ring (bicyclic) bond motifs is 1. The fourth-order valence-electron chi connectivity index (χ4n) is 2.08. The SMILES string of the molecule is CC(C)(CO)CNC(=O)c1c[nH]c2ncc(-c3cccs3)nc12. The summed E-state index contributed by atoms with van der Waals surface area (Å²) >= 11 is 1.58. The van der Waals surface area contributed by atoms with Gasteiger partial charge < -0.3 is 15.4 Å². The number of aliphatic hydroxyl groups excluding tert-OH is 1. The molecule has 0 bridgehead atoms. The van der Waals surface area contributed by atoms with Crippen molar-refractivity contribution in [1.29, 1.82) is 0 Å². The summed E-state index contributed by atoms with van der Waals surface area (Å²) in [5, 5.41) is 14.1. The molecule has 0 saturated heterocycles. The Kier molecular flexibility index (Phi) is 4.14. The minimum Gasteiger partial charge on any atom is -0.396 e. The first-order chi connectivity index (χ1) is 11.0. The third-order valence-electron chi connectivity index (χ3n) is 3.55. The number of nitrogens with zero attached hydrogens (tertiary/aromatic N) is 2. The Labute approximate surface area is 137 Å². The summed E-state index contributed by atoms with van der Waals surface area (Å²) in [6, 6.07) is 3.92. The molecule has 0 aliphatic carbocycles. The zero-order chi connectivity index (χ0) is 16.4. The summed E-state index contributed by atoms with van der Waals surface area (Å²) < 4.78 is 0. The van der Waals surface area contributed by atoms with Gasteiger partial charge in [-0.3, -0.25) is 4.79 Å². The molecule has 6 nitrogen and oxygen atoms in total. The average molecular weight is 330 g/mol. The second-order valence-electron chi connectivity index (χ2n) is 6.14. The molecule has 7 heteroatoms. The summed E-state index contributed by atoms with van der Waals surface area (Å²) in [5.41, 5.74) is 1.97. The fraction of sp³-hybridized carbons (Fsp3) is 0.312. The molecule has 120 valence electrons. The normalized spacial score (nSPS) is 11.8. The minimum absolute atomic E-state index is 0.00347. The maximum atomic E-state index is 12.4. The second-order valence-corrected chi connectivity index (χ2v) is 7.08. The number of rotatable bonds is 5. The van der Waals surface area contributed by atoms with E-state index in [0.29, 0.717) is 23.3 Å². The van der Waals surface area contributed by atoms with Crippen LogP contribution in [0.3, 0.4) is 0 Å². The number of hydrogen-bond acceptors (Lipinski definition) is 5. The molecule has 3 heterocycles. The van der Waals surface area contributed by atoms with Crippen LogP contribution in [0.4, 0.5) is 0 Å². The third kappa shape index (κ3) is 3.25. The number of aliphatic hydroxyl groups is 1. The molecule has 1 amide bonds. The highest BCUT2D eigenvalue weighted by Crippen LogP contribution is 2.24. The van der Waals surface area contributed by atoms with Crippen LogP contribution in [0.1, 0.15) is 24.2 Å². The lowest BCUT2D eigenvalue weighted by Gasteiger charge is -2.21.